The van der Waals surface area contributed by atoms with E-state index in [0.29, 0.717) is 41.9 Å². The quantitative estimate of drug-likeness (QED) is 0.119. The highest BCUT2D eigenvalue weighted by Crippen LogP contribution is 2.32. The molecule has 1 atom stereocenters. The SMILES string of the molecule is C=CCCOc1ccc(/C=C/c2ccc(-c3ccc(-c4ccc(C(O)CCC)cc4)c(F)c3F)cc2)c(F)c1. The van der Waals surface area contributed by atoms with Gasteiger partial charge in [0, 0.05) is 22.8 Å². The van der Waals surface area contributed by atoms with E-state index in [0.717, 1.165) is 17.5 Å². The molecule has 0 spiro atoms. The minimum Gasteiger partial charge on any atom is -0.493 e. The molecule has 39 heavy (non-hydrogen) atoms. The highest BCUT2D eigenvalue weighted by atomic mass is 19.2. The Balaban J connectivity index is 1.48. The molecule has 0 fully saturated rings. The summed E-state index contributed by atoms with van der Waals surface area (Å²) in [6, 6.07) is 21.6. The Hall–Kier alpha value is -4.09. The van der Waals surface area contributed by atoms with Crippen LogP contribution in [0.15, 0.2) is 91.5 Å². The maximum Gasteiger partial charge on any atom is 0.167 e. The van der Waals surface area contributed by atoms with Gasteiger partial charge in [-0.15, -0.1) is 6.58 Å². The predicted molar refractivity (Wildman–Crippen MR) is 153 cm³/mol. The van der Waals surface area contributed by atoms with Crippen LogP contribution in [-0.2, 0) is 0 Å². The molecule has 0 aliphatic rings. The second-order valence-corrected chi connectivity index (χ2v) is 9.28. The summed E-state index contributed by atoms with van der Waals surface area (Å²) in [6.45, 7) is 6.06. The Bertz CT molecular complexity index is 1440. The van der Waals surface area contributed by atoms with Gasteiger partial charge in [-0.3, -0.25) is 0 Å². The lowest BCUT2D eigenvalue weighted by molar-refractivity contribution is 0.166. The van der Waals surface area contributed by atoms with Crippen molar-refractivity contribution in [2.75, 3.05) is 6.61 Å². The molecule has 2 nitrogen and oxygen atoms in total. The number of aliphatic hydroxyl groups excluding tert-OH is 1. The average molecular weight is 529 g/mol. The lowest BCUT2D eigenvalue weighted by atomic mass is 9.96. The first-order valence-corrected chi connectivity index (χ1v) is 13.0. The molecular weight excluding hydrogens is 497 g/mol. The molecule has 0 aliphatic carbocycles. The van der Waals surface area contributed by atoms with Crippen LogP contribution >= 0.6 is 0 Å². The van der Waals surface area contributed by atoms with Crippen molar-refractivity contribution < 1.29 is 23.0 Å². The van der Waals surface area contributed by atoms with Crippen LogP contribution in [0.25, 0.3) is 34.4 Å². The number of benzene rings is 4. The summed E-state index contributed by atoms with van der Waals surface area (Å²) < 4.78 is 50.1. The van der Waals surface area contributed by atoms with Crippen molar-refractivity contribution in [3.05, 3.63) is 126 Å². The van der Waals surface area contributed by atoms with Gasteiger partial charge < -0.3 is 9.84 Å². The van der Waals surface area contributed by atoms with E-state index in [-0.39, 0.29) is 11.1 Å². The lowest BCUT2D eigenvalue weighted by Crippen LogP contribution is -1.97. The number of aliphatic hydroxyl groups is 1. The van der Waals surface area contributed by atoms with Crippen LogP contribution in [0.5, 0.6) is 5.75 Å². The van der Waals surface area contributed by atoms with Gasteiger partial charge >= 0.3 is 0 Å². The number of halogens is 3. The summed E-state index contributed by atoms with van der Waals surface area (Å²) >= 11 is 0. The zero-order chi connectivity index (χ0) is 27.8. The van der Waals surface area contributed by atoms with Crippen LogP contribution in [0.1, 0.15) is 49.0 Å². The molecule has 4 aromatic rings. The van der Waals surface area contributed by atoms with Gasteiger partial charge in [0.05, 0.1) is 12.7 Å². The second kappa shape index (κ2) is 13.1. The van der Waals surface area contributed by atoms with Crippen LogP contribution < -0.4 is 4.74 Å². The van der Waals surface area contributed by atoms with Gasteiger partial charge in [0.2, 0.25) is 0 Å². The van der Waals surface area contributed by atoms with Crippen LogP contribution in [-0.4, -0.2) is 11.7 Å². The van der Waals surface area contributed by atoms with Crippen molar-refractivity contribution in [1.82, 2.24) is 0 Å². The minimum atomic E-state index is -0.927. The third-order valence-electron chi connectivity index (χ3n) is 6.49. The Morgan fingerprint density at radius 3 is 2.00 bits per heavy atom. The summed E-state index contributed by atoms with van der Waals surface area (Å²) in [5, 5.41) is 10.1. The number of hydrogen-bond acceptors (Lipinski definition) is 2. The van der Waals surface area contributed by atoms with Crippen LogP contribution in [0, 0.1) is 17.5 Å². The summed E-state index contributed by atoms with van der Waals surface area (Å²) in [7, 11) is 0. The topological polar surface area (TPSA) is 29.5 Å². The van der Waals surface area contributed by atoms with Crippen molar-refractivity contribution in [3.8, 4) is 28.0 Å². The molecule has 1 N–H and O–H groups in total. The Morgan fingerprint density at radius 1 is 0.821 bits per heavy atom. The number of hydrogen-bond donors (Lipinski definition) is 1. The summed E-state index contributed by atoms with van der Waals surface area (Å²) in [6.07, 6.45) is 6.74. The van der Waals surface area contributed by atoms with E-state index in [1.165, 1.54) is 6.07 Å². The molecule has 5 heteroatoms. The van der Waals surface area contributed by atoms with E-state index in [1.54, 1.807) is 91.0 Å². The predicted octanol–water partition coefficient (Wildman–Crippen LogP) is 9.40. The fourth-order valence-corrected chi connectivity index (χ4v) is 4.27. The molecular formula is C34H31F3O2. The van der Waals surface area contributed by atoms with Crippen molar-refractivity contribution in [2.24, 2.45) is 0 Å². The van der Waals surface area contributed by atoms with Gasteiger partial charge in [-0.25, -0.2) is 13.2 Å². The van der Waals surface area contributed by atoms with Crippen LogP contribution in [0.2, 0.25) is 0 Å². The first-order valence-electron chi connectivity index (χ1n) is 13.0. The van der Waals surface area contributed by atoms with E-state index < -0.39 is 23.6 Å². The molecule has 0 radical (unpaired) electrons. The monoisotopic (exact) mass is 528 g/mol. The summed E-state index contributed by atoms with van der Waals surface area (Å²) in [5.41, 5.74) is 3.32. The summed E-state index contributed by atoms with van der Waals surface area (Å²) in [4.78, 5) is 0. The third kappa shape index (κ3) is 6.87. The molecule has 0 aromatic heterocycles. The van der Waals surface area contributed by atoms with Crippen molar-refractivity contribution in [2.45, 2.75) is 32.3 Å². The fraction of sp³-hybridized carbons (Fsp3) is 0.176. The Labute approximate surface area is 227 Å². The van der Waals surface area contributed by atoms with Crippen molar-refractivity contribution in [3.63, 3.8) is 0 Å². The smallest absolute Gasteiger partial charge is 0.167 e. The zero-order valence-electron chi connectivity index (χ0n) is 21.8. The van der Waals surface area contributed by atoms with Crippen molar-refractivity contribution >= 4 is 12.2 Å². The summed E-state index contributed by atoms with van der Waals surface area (Å²) in [5.74, 6) is -1.80. The Kier molecular flexibility index (Phi) is 9.40. The van der Waals surface area contributed by atoms with Crippen molar-refractivity contribution in [1.29, 1.82) is 0 Å². The molecule has 4 aromatic carbocycles. The average Bonchev–Trinajstić information content (AvgIpc) is 2.95. The van der Waals surface area contributed by atoms with Gasteiger partial charge in [0.25, 0.3) is 0 Å². The number of ether oxygens (including phenoxy) is 1. The van der Waals surface area contributed by atoms with Crippen LogP contribution in [0.3, 0.4) is 0 Å². The van der Waals surface area contributed by atoms with Gasteiger partial charge in [0.15, 0.2) is 11.6 Å². The third-order valence-corrected chi connectivity index (χ3v) is 6.49. The molecule has 0 saturated carbocycles. The molecule has 1 unspecified atom stereocenters. The normalized spacial score (nSPS) is 12.0. The van der Waals surface area contributed by atoms with Gasteiger partial charge in [0.1, 0.15) is 11.6 Å². The molecule has 0 saturated heterocycles. The first-order chi connectivity index (χ1) is 18.9. The maximum absolute atomic E-state index is 15.1. The first kappa shape index (κ1) is 27.9. The molecule has 4 rings (SSSR count). The van der Waals surface area contributed by atoms with E-state index >= 15 is 8.78 Å². The standard InChI is InChI=1S/C34H31F3O2/c1-3-5-21-39-28-18-17-26(31(35)22-28)12-9-23-7-10-24(11-8-23)29-19-20-30(34(37)33(29)36)25-13-15-27(16-14-25)32(38)6-4-2/h3,7-20,22,32,38H,1,4-6,21H2,2H3/b12-9+. The number of rotatable bonds is 11. The zero-order valence-corrected chi connectivity index (χ0v) is 21.8. The molecule has 200 valence electrons. The van der Waals surface area contributed by atoms with Gasteiger partial charge in [-0.1, -0.05) is 92.2 Å². The van der Waals surface area contributed by atoms with E-state index in [1.807, 2.05) is 6.92 Å². The molecule has 0 bridgehead atoms. The highest BCUT2D eigenvalue weighted by molar-refractivity contribution is 5.75. The largest absolute Gasteiger partial charge is 0.493 e. The van der Waals surface area contributed by atoms with E-state index in [4.69, 9.17) is 4.74 Å². The molecule has 0 heterocycles. The van der Waals surface area contributed by atoms with E-state index in [9.17, 15) is 9.50 Å². The van der Waals surface area contributed by atoms with Crippen LogP contribution in [0.4, 0.5) is 13.2 Å². The molecule has 0 aliphatic heterocycles. The highest BCUT2D eigenvalue weighted by Gasteiger charge is 2.16. The Morgan fingerprint density at radius 2 is 1.44 bits per heavy atom. The minimum absolute atomic E-state index is 0.153. The maximum atomic E-state index is 15.1. The molecule has 0 amide bonds. The lowest BCUT2D eigenvalue weighted by Gasteiger charge is -2.12. The second-order valence-electron chi connectivity index (χ2n) is 9.28. The van der Waals surface area contributed by atoms with Gasteiger partial charge in [-0.2, -0.15) is 0 Å². The van der Waals surface area contributed by atoms with E-state index in [2.05, 4.69) is 6.58 Å². The van der Waals surface area contributed by atoms with Gasteiger partial charge in [-0.05, 0) is 47.2 Å². The fourth-order valence-electron chi connectivity index (χ4n) is 4.27.